The Labute approximate surface area is 83.5 Å². The van der Waals surface area contributed by atoms with Crippen molar-refractivity contribution in [3.63, 3.8) is 0 Å². The van der Waals surface area contributed by atoms with E-state index in [0.717, 1.165) is 6.42 Å². The van der Waals surface area contributed by atoms with Crippen molar-refractivity contribution in [3.05, 3.63) is 0 Å². The minimum absolute atomic E-state index is 0.0718. The van der Waals surface area contributed by atoms with E-state index in [1.54, 1.807) is 12.8 Å². The fourth-order valence-corrected chi connectivity index (χ4v) is 2.80. The summed E-state index contributed by atoms with van der Waals surface area (Å²) in [6.45, 7) is 4.24. The van der Waals surface area contributed by atoms with E-state index in [0.29, 0.717) is 10.2 Å². The number of rotatable bonds is 2. The molecule has 1 atom stereocenters. The Morgan fingerprint density at radius 3 is 2.67 bits per heavy atom. The highest BCUT2D eigenvalue weighted by Gasteiger charge is 2.33. The van der Waals surface area contributed by atoms with Gasteiger partial charge in [-0.25, -0.2) is 0 Å². The zero-order valence-corrected chi connectivity index (χ0v) is 9.17. The van der Waals surface area contributed by atoms with Gasteiger partial charge in [0.15, 0.2) is 0 Å². The molecule has 1 unspecified atom stereocenters. The van der Waals surface area contributed by atoms with E-state index in [1.807, 2.05) is 0 Å². The standard InChI is InChI=1S/C7H12BNOS2/c1-4(2)3-5-6(10)9(8)7(11)12-5/h4-5H,3,8H2,1-2H3. The highest BCUT2D eigenvalue weighted by Crippen LogP contribution is 2.29. The molecule has 0 aromatic rings. The van der Waals surface area contributed by atoms with E-state index in [2.05, 4.69) is 13.8 Å². The number of nitrogens with zero attached hydrogens (tertiary/aromatic N) is 1. The van der Waals surface area contributed by atoms with Crippen LogP contribution < -0.4 is 0 Å². The van der Waals surface area contributed by atoms with Crippen molar-refractivity contribution in [1.29, 1.82) is 0 Å². The molecule has 0 aliphatic carbocycles. The lowest BCUT2D eigenvalue weighted by Crippen LogP contribution is -2.29. The molecule has 1 saturated heterocycles. The van der Waals surface area contributed by atoms with Gasteiger partial charge in [0, 0.05) is 0 Å². The first-order valence-electron chi connectivity index (χ1n) is 4.00. The summed E-state index contributed by atoms with van der Waals surface area (Å²) in [6, 6.07) is 0. The third-order valence-corrected chi connectivity index (χ3v) is 3.53. The fraction of sp³-hybridized carbons (Fsp3) is 0.714. The highest BCUT2D eigenvalue weighted by molar-refractivity contribution is 8.24. The number of hydrogen-bond donors (Lipinski definition) is 0. The van der Waals surface area contributed by atoms with Crippen molar-refractivity contribution in [2.24, 2.45) is 5.92 Å². The summed E-state index contributed by atoms with van der Waals surface area (Å²) in [5, 5.41) is 0.0718. The Morgan fingerprint density at radius 2 is 2.33 bits per heavy atom. The summed E-state index contributed by atoms with van der Waals surface area (Å²) in [5.41, 5.74) is 0. The molecule has 1 rings (SSSR count). The molecule has 0 saturated carbocycles. The number of thiocarbonyl (C=S) groups is 1. The van der Waals surface area contributed by atoms with Crippen LogP contribution in [0.1, 0.15) is 20.3 Å². The maximum atomic E-state index is 11.5. The van der Waals surface area contributed by atoms with E-state index in [4.69, 9.17) is 12.2 Å². The van der Waals surface area contributed by atoms with Gasteiger partial charge in [-0.3, -0.25) is 4.79 Å². The molecule has 0 spiro atoms. The molecule has 0 aromatic heterocycles. The van der Waals surface area contributed by atoms with Gasteiger partial charge in [-0.1, -0.05) is 37.8 Å². The van der Waals surface area contributed by atoms with E-state index in [-0.39, 0.29) is 11.2 Å². The van der Waals surface area contributed by atoms with Gasteiger partial charge in [0.1, 0.15) is 4.32 Å². The number of hydrogen-bond acceptors (Lipinski definition) is 3. The third-order valence-electron chi connectivity index (χ3n) is 1.81. The van der Waals surface area contributed by atoms with Crippen LogP contribution >= 0.6 is 24.0 Å². The van der Waals surface area contributed by atoms with Gasteiger partial charge in [0.25, 0.3) is 0 Å². The lowest BCUT2D eigenvalue weighted by Gasteiger charge is -2.10. The van der Waals surface area contributed by atoms with Crippen LogP contribution in [0.5, 0.6) is 0 Å². The van der Waals surface area contributed by atoms with Crippen molar-refractivity contribution in [2.75, 3.05) is 0 Å². The first-order chi connectivity index (χ1) is 5.52. The van der Waals surface area contributed by atoms with Gasteiger partial charge >= 0.3 is 0 Å². The predicted molar refractivity (Wildman–Crippen MR) is 58.8 cm³/mol. The summed E-state index contributed by atoms with van der Waals surface area (Å²) in [5.74, 6) is 0.722. The Hall–Kier alpha value is -0.0251. The Balaban J connectivity index is 2.59. The number of thioether (sulfide) groups is 1. The molecule has 1 aliphatic heterocycles. The monoisotopic (exact) mass is 201 g/mol. The van der Waals surface area contributed by atoms with Crippen molar-refractivity contribution < 1.29 is 4.79 Å². The Morgan fingerprint density at radius 1 is 1.75 bits per heavy atom. The molecule has 1 heterocycles. The number of carbonyl (C=O) groups is 1. The van der Waals surface area contributed by atoms with Crippen LogP contribution in [0.4, 0.5) is 0 Å². The van der Waals surface area contributed by atoms with Crippen LogP contribution in [0.15, 0.2) is 0 Å². The minimum atomic E-state index is 0.0718. The van der Waals surface area contributed by atoms with Crippen molar-refractivity contribution in [2.45, 2.75) is 25.5 Å². The second-order valence-electron chi connectivity index (χ2n) is 3.40. The van der Waals surface area contributed by atoms with Crippen LogP contribution in [0, 0.1) is 5.92 Å². The SMILES string of the molecule is BN1C(=O)C(CC(C)C)SC1=S. The molecule has 0 bridgehead atoms. The molecule has 0 aromatic carbocycles. The van der Waals surface area contributed by atoms with Crippen LogP contribution in [0.2, 0.25) is 0 Å². The van der Waals surface area contributed by atoms with Gasteiger partial charge in [-0.05, 0) is 12.3 Å². The lowest BCUT2D eigenvalue weighted by molar-refractivity contribution is -0.123. The van der Waals surface area contributed by atoms with Gasteiger partial charge in [0.05, 0.1) is 5.25 Å². The van der Waals surface area contributed by atoms with E-state index < -0.39 is 0 Å². The summed E-state index contributed by atoms with van der Waals surface area (Å²) < 4.78 is 0.714. The molecule has 2 nitrogen and oxygen atoms in total. The van der Waals surface area contributed by atoms with Gasteiger partial charge < -0.3 is 4.81 Å². The molecule has 0 radical (unpaired) electrons. The molecule has 0 N–H and O–H groups in total. The quantitative estimate of drug-likeness (QED) is 0.487. The molecular weight excluding hydrogens is 189 g/mol. The fourth-order valence-electron chi connectivity index (χ4n) is 1.13. The molecule has 1 amide bonds. The van der Waals surface area contributed by atoms with E-state index >= 15 is 0 Å². The minimum Gasteiger partial charge on any atom is -0.350 e. The lowest BCUT2D eigenvalue weighted by atomic mass is 10.1. The smallest absolute Gasteiger partial charge is 0.229 e. The average Bonchev–Trinajstić information content (AvgIpc) is 2.17. The van der Waals surface area contributed by atoms with E-state index in [9.17, 15) is 4.79 Å². The first-order valence-corrected chi connectivity index (χ1v) is 5.29. The van der Waals surface area contributed by atoms with E-state index in [1.165, 1.54) is 11.8 Å². The molecule has 5 heteroatoms. The number of amides is 1. The predicted octanol–water partition coefficient (Wildman–Crippen LogP) is 0.809. The Bertz CT molecular complexity index is 219. The summed E-state index contributed by atoms with van der Waals surface area (Å²) in [4.78, 5) is 13.0. The largest absolute Gasteiger partial charge is 0.350 e. The zero-order chi connectivity index (χ0) is 9.30. The van der Waals surface area contributed by atoms with Gasteiger partial charge in [-0.15, -0.1) is 0 Å². The molecule has 1 aliphatic rings. The summed E-state index contributed by atoms with van der Waals surface area (Å²) in [7, 11) is 1.75. The van der Waals surface area contributed by atoms with Crippen molar-refractivity contribution >= 4 is 42.2 Å². The van der Waals surface area contributed by atoms with Crippen LogP contribution in [-0.4, -0.2) is 28.3 Å². The van der Waals surface area contributed by atoms with Crippen LogP contribution in [0.25, 0.3) is 0 Å². The first kappa shape index (κ1) is 10.1. The second-order valence-corrected chi connectivity index (χ2v) is 5.24. The second kappa shape index (κ2) is 3.79. The Kier molecular flexibility index (Phi) is 3.18. The normalized spacial score (nSPS) is 24.2. The molecule has 1 fully saturated rings. The van der Waals surface area contributed by atoms with Crippen LogP contribution in [0.3, 0.4) is 0 Å². The maximum absolute atomic E-state index is 11.5. The average molecular weight is 201 g/mol. The summed E-state index contributed by atoms with van der Waals surface area (Å²) in [6.07, 6.45) is 0.925. The van der Waals surface area contributed by atoms with Crippen molar-refractivity contribution in [3.8, 4) is 0 Å². The van der Waals surface area contributed by atoms with Gasteiger partial charge in [-0.2, -0.15) is 0 Å². The van der Waals surface area contributed by atoms with Crippen molar-refractivity contribution in [1.82, 2.24) is 4.81 Å². The topological polar surface area (TPSA) is 20.3 Å². The number of carbonyl (C=O) groups excluding carboxylic acids is 1. The zero-order valence-electron chi connectivity index (χ0n) is 7.53. The highest BCUT2D eigenvalue weighted by atomic mass is 32.2. The maximum Gasteiger partial charge on any atom is 0.229 e. The third kappa shape index (κ3) is 2.01. The molecule has 66 valence electrons. The molecule has 12 heavy (non-hydrogen) atoms. The van der Waals surface area contributed by atoms with Crippen LogP contribution in [-0.2, 0) is 4.79 Å². The summed E-state index contributed by atoms with van der Waals surface area (Å²) >= 11 is 6.53. The van der Waals surface area contributed by atoms with Gasteiger partial charge in [0.2, 0.25) is 13.9 Å². The molecular formula is C7H12BNOS2.